The summed E-state index contributed by atoms with van der Waals surface area (Å²) in [5.41, 5.74) is 0. The standard InChI is InChI=1S/C12H24N4S/c1-5-6-16-12(14-9-15-16)7-11(13-4)8-17-10(2)3/h9-11,13H,5-8H2,1-4H3. The normalized spacial score (nSPS) is 13.2. The second kappa shape index (κ2) is 7.71. The van der Waals surface area contributed by atoms with Gasteiger partial charge in [0, 0.05) is 24.8 Å². The van der Waals surface area contributed by atoms with Gasteiger partial charge in [0.2, 0.25) is 0 Å². The van der Waals surface area contributed by atoms with Crippen LogP contribution in [0.2, 0.25) is 0 Å². The molecule has 0 aliphatic heterocycles. The molecule has 1 unspecified atom stereocenters. The number of hydrogen-bond donors (Lipinski definition) is 1. The van der Waals surface area contributed by atoms with Crippen LogP contribution in [0, 0.1) is 0 Å². The van der Waals surface area contributed by atoms with Crippen molar-refractivity contribution in [3.63, 3.8) is 0 Å². The van der Waals surface area contributed by atoms with Crippen LogP contribution in [-0.4, -0.2) is 38.9 Å². The predicted molar refractivity (Wildman–Crippen MR) is 74.5 cm³/mol. The molecule has 0 aromatic carbocycles. The quantitative estimate of drug-likeness (QED) is 0.772. The largest absolute Gasteiger partial charge is 0.316 e. The highest BCUT2D eigenvalue weighted by molar-refractivity contribution is 7.99. The fraction of sp³-hybridized carbons (Fsp3) is 0.833. The summed E-state index contributed by atoms with van der Waals surface area (Å²) in [7, 11) is 2.02. The van der Waals surface area contributed by atoms with Crippen molar-refractivity contribution >= 4 is 11.8 Å². The monoisotopic (exact) mass is 256 g/mol. The molecular formula is C12H24N4S. The van der Waals surface area contributed by atoms with E-state index in [9.17, 15) is 0 Å². The zero-order valence-corrected chi connectivity index (χ0v) is 12.1. The van der Waals surface area contributed by atoms with Crippen LogP contribution in [0.3, 0.4) is 0 Å². The average Bonchev–Trinajstić information content (AvgIpc) is 2.72. The molecule has 4 nitrogen and oxygen atoms in total. The Kier molecular flexibility index (Phi) is 6.58. The van der Waals surface area contributed by atoms with Crippen molar-refractivity contribution in [2.45, 2.75) is 51.4 Å². The maximum atomic E-state index is 4.35. The molecule has 0 bridgehead atoms. The highest BCUT2D eigenvalue weighted by Crippen LogP contribution is 2.12. The summed E-state index contributed by atoms with van der Waals surface area (Å²) < 4.78 is 2.02. The van der Waals surface area contributed by atoms with Gasteiger partial charge in [-0.3, -0.25) is 4.68 Å². The molecule has 1 aromatic heterocycles. The van der Waals surface area contributed by atoms with Crippen LogP contribution in [0.25, 0.3) is 0 Å². The number of nitrogens with zero attached hydrogens (tertiary/aromatic N) is 3. The molecule has 0 saturated carbocycles. The lowest BCUT2D eigenvalue weighted by molar-refractivity contribution is 0.528. The molecule has 0 aliphatic carbocycles. The Labute approximate surface area is 109 Å². The minimum absolute atomic E-state index is 0.474. The summed E-state index contributed by atoms with van der Waals surface area (Å²) in [5, 5.41) is 8.30. The van der Waals surface area contributed by atoms with Gasteiger partial charge >= 0.3 is 0 Å². The van der Waals surface area contributed by atoms with Crippen LogP contribution in [-0.2, 0) is 13.0 Å². The van der Waals surface area contributed by atoms with E-state index < -0.39 is 0 Å². The van der Waals surface area contributed by atoms with E-state index in [2.05, 4.69) is 36.2 Å². The van der Waals surface area contributed by atoms with E-state index >= 15 is 0 Å². The zero-order chi connectivity index (χ0) is 12.7. The fourth-order valence-electron chi connectivity index (χ4n) is 1.62. The van der Waals surface area contributed by atoms with Crippen LogP contribution >= 0.6 is 11.8 Å². The lowest BCUT2D eigenvalue weighted by Crippen LogP contribution is -2.32. The van der Waals surface area contributed by atoms with Crippen LogP contribution in [0.4, 0.5) is 0 Å². The smallest absolute Gasteiger partial charge is 0.138 e. The minimum atomic E-state index is 0.474. The fourth-order valence-corrected chi connectivity index (χ4v) is 2.52. The third-order valence-electron chi connectivity index (χ3n) is 2.60. The third-order valence-corrected chi connectivity index (χ3v) is 3.86. The minimum Gasteiger partial charge on any atom is -0.316 e. The van der Waals surface area contributed by atoms with Crippen LogP contribution in [0.1, 0.15) is 33.0 Å². The van der Waals surface area contributed by atoms with E-state index in [0.29, 0.717) is 11.3 Å². The first-order chi connectivity index (χ1) is 8.17. The molecule has 5 heteroatoms. The zero-order valence-electron chi connectivity index (χ0n) is 11.3. The first kappa shape index (κ1) is 14.5. The van der Waals surface area contributed by atoms with Gasteiger partial charge in [-0.2, -0.15) is 16.9 Å². The molecule has 1 N–H and O–H groups in total. The van der Waals surface area contributed by atoms with Gasteiger partial charge in [-0.15, -0.1) is 0 Å². The van der Waals surface area contributed by atoms with Crippen LogP contribution in [0.15, 0.2) is 6.33 Å². The van der Waals surface area contributed by atoms with E-state index in [1.807, 2.05) is 23.5 Å². The molecule has 1 heterocycles. The van der Waals surface area contributed by atoms with Crippen molar-refractivity contribution in [3.05, 3.63) is 12.2 Å². The first-order valence-corrected chi connectivity index (χ1v) is 7.37. The van der Waals surface area contributed by atoms with Crippen molar-refractivity contribution in [1.29, 1.82) is 0 Å². The second-order valence-corrected chi connectivity index (χ2v) is 6.08. The van der Waals surface area contributed by atoms with Gasteiger partial charge in [0.15, 0.2) is 0 Å². The summed E-state index contributed by atoms with van der Waals surface area (Å²) in [4.78, 5) is 4.35. The lowest BCUT2D eigenvalue weighted by Gasteiger charge is -2.17. The number of hydrogen-bond acceptors (Lipinski definition) is 4. The van der Waals surface area contributed by atoms with Crippen LogP contribution in [0.5, 0.6) is 0 Å². The number of aromatic nitrogens is 3. The molecule has 98 valence electrons. The van der Waals surface area contributed by atoms with Gasteiger partial charge in [-0.25, -0.2) is 4.98 Å². The van der Waals surface area contributed by atoms with Gasteiger partial charge in [0.25, 0.3) is 0 Å². The Morgan fingerprint density at radius 2 is 2.24 bits per heavy atom. The average molecular weight is 256 g/mol. The molecule has 0 amide bonds. The van der Waals surface area contributed by atoms with Gasteiger partial charge < -0.3 is 5.32 Å². The molecular weight excluding hydrogens is 232 g/mol. The topological polar surface area (TPSA) is 42.7 Å². The molecule has 0 radical (unpaired) electrons. The van der Waals surface area contributed by atoms with Crippen molar-refractivity contribution in [1.82, 2.24) is 20.1 Å². The molecule has 0 aliphatic rings. The van der Waals surface area contributed by atoms with Crippen molar-refractivity contribution in [2.75, 3.05) is 12.8 Å². The Morgan fingerprint density at radius 3 is 2.82 bits per heavy atom. The molecule has 1 aromatic rings. The maximum Gasteiger partial charge on any atom is 0.138 e. The first-order valence-electron chi connectivity index (χ1n) is 6.32. The predicted octanol–water partition coefficient (Wildman–Crippen LogP) is 1.96. The molecule has 0 fully saturated rings. The lowest BCUT2D eigenvalue weighted by atomic mass is 10.2. The maximum absolute atomic E-state index is 4.35. The summed E-state index contributed by atoms with van der Waals surface area (Å²) in [6.45, 7) is 7.59. The van der Waals surface area contributed by atoms with Gasteiger partial charge in [-0.1, -0.05) is 20.8 Å². The van der Waals surface area contributed by atoms with E-state index in [1.54, 1.807) is 6.33 Å². The Bertz CT molecular complexity index is 311. The molecule has 1 rings (SSSR count). The Morgan fingerprint density at radius 1 is 1.47 bits per heavy atom. The van der Waals surface area contributed by atoms with Crippen LogP contribution < -0.4 is 5.32 Å². The van der Waals surface area contributed by atoms with Crippen molar-refractivity contribution in [3.8, 4) is 0 Å². The summed E-state index contributed by atoms with van der Waals surface area (Å²) in [5.74, 6) is 2.21. The Balaban J connectivity index is 2.51. The second-order valence-electron chi connectivity index (χ2n) is 4.47. The molecule has 0 saturated heterocycles. The van der Waals surface area contributed by atoms with E-state index in [-0.39, 0.29) is 0 Å². The molecule has 0 spiro atoms. The summed E-state index contributed by atoms with van der Waals surface area (Å²) in [6.07, 6.45) is 3.71. The summed E-state index contributed by atoms with van der Waals surface area (Å²) in [6, 6.07) is 0.474. The molecule has 1 atom stereocenters. The van der Waals surface area contributed by atoms with Gasteiger partial charge in [0.1, 0.15) is 12.2 Å². The number of aryl methyl sites for hydroxylation is 1. The number of thioether (sulfide) groups is 1. The van der Waals surface area contributed by atoms with Crippen molar-refractivity contribution < 1.29 is 0 Å². The van der Waals surface area contributed by atoms with Crippen molar-refractivity contribution in [2.24, 2.45) is 0 Å². The number of likely N-dealkylation sites (N-methyl/N-ethyl adjacent to an activating group) is 1. The number of nitrogens with one attached hydrogen (secondary N) is 1. The highest BCUT2D eigenvalue weighted by atomic mass is 32.2. The van der Waals surface area contributed by atoms with Gasteiger partial charge in [0.05, 0.1) is 0 Å². The SMILES string of the molecule is CCCn1ncnc1CC(CSC(C)C)NC. The summed E-state index contributed by atoms with van der Waals surface area (Å²) >= 11 is 1.99. The Hall–Kier alpha value is -0.550. The van der Waals surface area contributed by atoms with E-state index in [4.69, 9.17) is 0 Å². The number of rotatable bonds is 8. The highest BCUT2D eigenvalue weighted by Gasteiger charge is 2.12. The van der Waals surface area contributed by atoms with E-state index in [1.165, 1.54) is 0 Å². The third kappa shape index (κ3) is 5.08. The molecule has 17 heavy (non-hydrogen) atoms. The van der Waals surface area contributed by atoms with E-state index in [0.717, 1.165) is 31.0 Å². The van der Waals surface area contributed by atoms with Gasteiger partial charge in [-0.05, 0) is 18.7 Å².